The second-order valence-electron chi connectivity index (χ2n) is 1.95. The number of hydrazine groups is 1. The second-order valence-corrected chi connectivity index (χ2v) is 1.95. The van der Waals surface area contributed by atoms with Crippen molar-refractivity contribution in [3.05, 3.63) is 12.2 Å². The van der Waals surface area contributed by atoms with Gasteiger partial charge in [-0.2, -0.15) is 0 Å². The van der Waals surface area contributed by atoms with Crippen LogP contribution in [0, 0.1) is 0 Å². The minimum absolute atomic E-state index is 0.708. The maximum absolute atomic E-state index is 9.90. The van der Waals surface area contributed by atoms with E-state index in [9.17, 15) is 4.79 Å². The number of nitrogens with one attached hydrogen (secondary N) is 1. The van der Waals surface area contributed by atoms with Crippen molar-refractivity contribution in [1.82, 2.24) is 10.4 Å². The lowest BCUT2D eigenvalue weighted by atomic mass is 10.3. The van der Waals surface area contributed by atoms with Gasteiger partial charge in [0.25, 0.3) is 0 Å². The molecule has 0 bridgehead atoms. The fourth-order valence-electron chi connectivity index (χ4n) is 0.833. The molecule has 0 aliphatic carbocycles. The fraction of sp³-hybridized carbons (Fsp3) is 0.500. The van der Waals surface area contributed by atoms with Gasteiger partial charge in [0, 0.05) is 13.1 Å². The highest BCUT2D eigenvalue weighted by Gasteiger charge is 2.01. The average molecular weight is 126 g/mol. The third kappa shape index (κ3) is 1.85. The molecule has 1 amide bonds. The zero-order chi connectivity index (χ0) is 6.53. The van der Waals surface area contributed by atoms with E-state index in [1.165, 1.54) is 0 Å². The van der Waals surface area contributed by atoms with Crippen molar-refractivity contribution in [2.24, 2.45) is 0 Å². The van der Waals surface area contributed by atoms with E-state index in [2.05, 4.69) is 11.5 Å². The van der Waals surface area contributed by atoms with E-state index in [-0.39, 0.29) is 0 Å². The zero-order valence-corrected chi connectivity index (χ0v) is 5.21. The standard InChI is InChI=1S/C6H10N2O/c9-6-7-8-4-2-1-3-5-8/h1-2,6H,3-5H2,(H,7,9). The van der Waals surface area contributed by atoms with Crippen molar-refractivity contribution in [3.8, 4) is 0 Å². The third-order valence-corrected chi connectivity index (χ3v) is 1.29. The predicted octanol–water partition coefficient (Wildman–Crippen LogP) is -0.0907. The minimum atomic E-state index is 0.708. The molecule has 0 unspecified atom stereocenters. The number of hydrogen-bond acceptors (Lipinski definition) is 2. The van der Waals surface area contributed by atoms with Gasteiger partial charge in [-0.3, -0.25) is 10.2 Å². The second kappa shape index (κ2) is 3.25. The molecule has 1 heterocycles. The monoisotopic (exact) mass is 126 g/mol. The van der Waals surface area contributed by atoms with Crippen molar-refractivity contribution in [3.63, 3.8) is 0 Å². The molecule has 0 fully saturated rings. The molecule has 1 rings (SSSR count). The van der Waals surface area contributed by atoms with Crippen molar-refractivity contribution >= 4 is 6.41 Å². The number of carbonyl (C=O) groups is 1. The lowest BCUT2D eigenvalue weighted by molar-refractivity contribution is -0.113. The molecule has 0 saturated carbocycles. The quantitative estimate of drug-likeness (QED) is 0.414. The molecule has 0 spiro atoms. The number of rotatable bonds is 2. The normalized spacial score (nSPS) is 19.6. The van der Waals surface area contributed by atoms with Gasteiger partial charge >= 0.3 is 0 Å². The fourth-order valence-corrected chi connectivity index (χ4v) is 0.833. The van der Waals surface area contributed by atoms with E-state index in [0.29, 0.717) is 6.41 Å². The van der Waals surface area contributed by atoms with Gasteiger partial charge < -0.3 is 0 Å². The van der Waals surface area contributed by atoms with Crippen molar-refractivity contribution in [2.45, 2.75) is 6.42 Å². The molecule has 50 valence electrons. The first-order chi connectivity index (χ1) is 4.43. The Labute approximate surface area is 54.3 Å². The Morgan fingerprint density at radius 1 is 1.56 bits per heavy atom. The van der Waals surface area contributed by atoms with Gasteiger partial charge in [0.2, 0.25) is 6.41 Å². The van der Waals surface area contributed by atoms with Gasteiger partial charge in [-0.25, -0.2) is 5.01 Å². The molecule has 1 aliphatic rings. The van der Waals surface area contributed by atoms with Crippen LogP contribution in [-0.2, 0) is 4.79 Å². The Morgan fingerprint density at radius 3 is 3.00 bits per heavy atom. The van der Waals surface area contributed by atoms with Crippen LogP contribution in [0.15, 0.2) is 12.2 Å². The van der Waals surface area contributed by atoms with Gasteiger partial charge in [-0.05, 0) is 6.42 Å². The topological polar surface area (TPSA) is 32.3 Å². The van der Waals surface area contributed by atoms with Crippen LogP contribution in [0.4, 0.5) is 0 Å². The smallest absolute Gasteiger partial charge is 0.221 e. The maximum atomic E-state index is 9.90. The first-order valence-corrected chi connectivity index (χ1v) is 3.03. The summed E-state index contributed by atoms with van der Waals surface area (Å²) in [6.07, 6.45) is 5.89. The van der Waals surface area contributed by atoms with E-state index in [1.807, 2.05) is 11.1 Å². The molecule has 1 N–H and O–H groups in total. The maximum Gasteiger partial charge on any atom is 0.221 e. The Hall–Kier alpha value is -0.830. The zero-order valence-electron chi connectivity index (χ0n) is 5.21. The van der Waals surface area contributed by atoms with Crippen LogP contribution >= 0.6 is 0 Å². The number of nitrogens with zero attached hydrogens (tertiary/aromatic N) is 1. The van der Waals surface area contributed by atoms with Gasteiger partial charge in [-0.15, -0.1) is 0 Å². The molecular weight excluding hydrogens is 116 g/mol. The van der Waals surface area contributed by atoms with Crippen molar-refractivity contribution in [1.29, 1.82) is 0 Å². The average Bonchev–Trinajstić information content (AvgIpc) is 1.91. The molecule has 0 radical (unpaired) electrons. The number of hydrogen-bond donors (Lipinski definition) is 1. The van der Waals surface area contributed by atoms with Gasteiger partial charge in [0.05, 0.1) is 0 Å². The van der Waals surface area contributed by atoms with Crippen LogP contribution in [0.1, 0.15) is 6.42 Å². The van der Waals surface area contributed by atoms with Gasteiger partial charge in [0.1, 0.15) is 0 Å². The molecule has 3 nitrogen and oxygen atoms in total. The van der Waals surface area contributed by atoms with Crippen molar-refractivity contribution in [2.75, 3.05) is 13.1 Å². The molecule has 0 aromatic heterocycles. The first kappa shape index (κ1) is 6.29. The summed E-state index contributed by atoms with van der Waals surface area (Å²) in [6.45, 7) is 1.76. The molecule has 1 aliphatic heterocycles. The van der Waals surface area contributed by atoms with E-state index in [4.69, 9.17) is 0 Å². The Balaban J connectivity index is 2.26. The summed E-state index contributed by atoms with van der Waals surface area (Å²) in [4.78, 5) is 9.90. The predicted molar refractivity (Wildman–Crippen MR) is 34.5 cm³/mol. The summed E-state index contributed by atoms with van der Waals surface area (Å²) in [5, 5.41) is 1.87. The highest BCUT2D eigenvalue weighted by Crippen LogP contribution is 1.95. The van der Waals surface area contributed by atoms with E-state index in [0.717, 1.165) is 19.5 Å². The first-order valence-electron chi connectivity index (χ1n) is 3.03. The Kier molecular flexibility index (Phi) is 2.27. The van der Waals surface area contributed by atoms with E-state index < -0.39 is 0 Å². The van der Waals surface area contributed by atoms with Crippen LogP contribution in [0.25, 0.3) is 0 Å². The summed E-state index contributed by atoms with van der Waals surface area (Å²) < 4.78 is 0. The highest BCUT2D eigenvalue weighted by molar-refractivity contribution is 5.45. The summed E-state index contributed by atoms with van der Waals surface area (Å²) in [6, 6.07) is 0. The van der Waals surface area contributed by atoms with Crippen LogP contribution in [0.2, 0.25) is 0 Å². The van der Waals surface area contributed by atoms with Crippen molar-refractivity contribution < 1.29 is 4.79 Å². The molecular formula is C6H10N2O. The van der Waals surface area contributed by atoms with E-state index in [1.54, 1.807) is 0 Å². The Morgan fingerprint density at radius 2 is 2.44 bits per heavy atom. The van der Waals surface area contributed by atoms with E-state index >= 15 is 0 Å². The number of amides is 1. The highest BCUT2D eigenvalue weighted by atomic mass is 16.1. The molecule has 9 heavy (non-hydrogen) atoms. The summed E-state index contributed by atoms with van der Waals surface area (Å²) in [5.41, 5.74) is 2.59. The molecule has 0 saturated heterocycles. The number of carbonyl (C=O) groups excluding carboxylic acids is 1. The van der Waals surface area contributed by atoms with Gasteiger partial charge in [-0.1, -0.05) is 12.2 Å². The summed E-state index contributed by atoms with van der Waals surface area (Å²) >= 11 is 0. The molecule has 0 aromatic rings. The largest absolute Gasteiger partial charge is 0.291 e. The van der Waals surface area contributed by atoms with Crippen LogP contribution < -0.4 is 5.43 Å². The molecule has 0 aromatic carbocycles. The lowest BCUT2D eigenvalue weighted by Gasteiger charge is -2.20. The minimum Gasteiger partial charge on any atom is -0.291 e. The van der Waals surface area contributed by atoms with Crippen LogP contribution in [0.5, 0.6) is 0 Å². The SMILES string of the molecule is O=CNN1CC=CCC1. The van der Waals surface area contributed by atoms with Crippen LogP contribution in [-0.4, -0.2) is 24.5 Å². The molecule has 0 atom stereocenters. The molecule has 3 heteroatoms. The third-order valence-electron chi connectivity index (χ3n) is 1.29. The lowest BCUT2D eigenvalue weighted by Crippen LogP contribution is -2.39. The Bertz CT molecular complexity index is 122. The van der Waals surface area contributed by atoms with Gasteiger partial charge in [0.15, 0.2) is 0 Å². The summed E-state index contributed by atoms with van der Waals surface area (Å²) in [5.74, 6) is 0. The summed E-state index contributed by atoms with van der Waals surface area (Å²) in [7, 11) is 0. The van der Waals surface area contributed by atoms with Crippen LogP contribution in [0.3, 0.4) is 0 Å².